The van der Waals surface area contributed by atoms with Crippen LogP contribution < -0.4 is 5.73 Å². The molecule has 3 nitrogen and oxygen atoms in total. The monoisotopic (exact) mass is 280 g/mol. The van der Waals surface area contributed by atoms with Crippen molar-refractivity contribution in [1.82, 2.24) is 4.90 Å². The lowest BCUT2D eigenvalue weighted by molar-refractivity contribution is -0.0158. The Balaban J connectivity index is 1.69. The van der Waals surface area contributed by atoms with Gasteiger partial charge >= 0.3 is 0 Å². The van der Waals surface area contributed by atoms with Gasteiger partial charge in [0, 0.05) is 24.7 Å². The largest absolute Gasteiger partial charge is 0.377 e. The van der Waals surface area contributed by atoms with E-state index >= 15 is 0 Å². The third-order valence-corrected chi connectivity index (χ3v) is 6.87. The minimum atomic E-state index is 0.237. The smallest absolute Gasteiger partial charge is 0.0703 e. The van der Waals surface area contributed by atoms with E-state index in [1.807, 2.05) is 0 Å². The van der Waals surface area contributed by atoms with Crippen molar-refractivity contribution in [3.63, 3.8) is 0 Å². The fourth-order valence-corrected chi connectivity index (χ4v) is 5.15. The molecule has 0 radical (unpaired) electrons. The molecule has 0 amide bonds. The van der Waals surface area contributed by atoms with Gasteiger partial charge in [0.2, 0.25) is 0 Å². The van der Waals surface area contributed by atoms with E-state index in [0.29, 0.717) is 17.6 Å². The van der Waals surface area contributed by atoms with Crippen LogP contribution in [0.1, 0.15) is 64.7 Å². The second-order valence-corrected chi connectivity index (χ2v) is 7.68. The zero-order valence-electron chi connectivity index (χ0n) is 13.4. The highest BCUT2D eigenvalue weighted by atomic mass is 16.5. The number of hydrogen-bond acceptors (Lipinski definition) is 3. The predicted molar refractivity (Wildman–Crippen MR) is 82.7 cm³/mol. The molecule has 1 aliphatic heterocycles. The minimum absolute atomic E-state index is 0.237. The standard InChI is InChI=1S/C17H32N2O/c1-14-15(5-12-20-14)19(2)17(13-18)10-8-16(9-11-17)6-3-4-7-16/h14-15H,3-13,18H2,1-2H3. The first-order chi connectivity index (χ1) is 9.61. The summed E-state index contributed by atoms with van der Waals surface area (Å²) in [5.41, 5.74) is 7.19. The molecule has 1 heterocycles. The lowest BCUT2D eigenvalue weighted by Gasteiger charge is -2.51. The number of likely N-dealkylation sites (N-methyl/N-ethyl adjacent to an activating group) is 1. The van der Waals surface area contributed by atoms with Crippen LogP contribution in [0.25, 0.3) is 0 Å². The molecule has 0 aromatic rings. The average Bonchev–Trinajstić information content (AvgIpc) is 3.09. The van der Waals surface area contributed by atoms with Crippen molar-refractivity contribution >= 4 is 0 Å². The second kappa shape index (κ2) is 5.58. The summed E-state index contributed by atoms with van der Waals surface area (Å²) in [7, 11) is 2.30. The Kier molecular flexibility index (Phi) is 4.13. The molecule has 3 fully saturated rings. The Morgan fingerprint density at radius 2 is 1.75 bits per heavy atom. The first-order valence-electron chi connectivity index (χ1n) is 8.66. The van der Waals surface area contributed by atoms with Gasteiger partial charge in [-0.25, -0.2) is 0 Å². The molecular weight excluding hydrogens is 248 g/mol. The van der Waals surface area contributed by atoms with E-state index in [4.69, 9.17) is 10.5 Å². The van der Waals surface area contributed by atoms with E-state index in [-0.39, 0.29) is 5.54 Å². The molecule has 2 N–H and O–H groups in total. The molecule has 2 unspecified atom stereocenters. The van der Waals surface area contributed by atoms with Crippen LogP contribution in [0.3, 0.4) is 0 Å². The molecule has 2 atom stereocenters. The summed E-state index contributed by atoms with van der Waals surface area (Å²) in [6.07, 6.45) is 12.8. The van der Waals surface area contributed by atoms with Gasteiger partial charge in [-0.1, -0.05) is 12.8 Å². The number of nitrogens with two attached hydrogens (primary N) is 1. The zero-order chi connectivity index (χ0) is 14.2. The Hall–Kier alpha value is -0.120. The van der Waals surface area contributed by atoms with E-state index in [1.54, 1.807) is 0 Å². The van der Waals surface area contributed by atoms with Crippen LogP contribution in [0, 0.1) is 5.41 Å². The lowest BCUT2D eigenvalue weighted by atomic mass is 9.65. The van der Waals surface area contributed by atoms with Crippen molar-refractivity contribution in [2.45, 2.75) is 82.4 Å². The summed E-state index contributed by atoms with van der Waals surface area (Å²) in [5, 5.41) is 0. The lowest BCUT2D eigenvalue weighted by Crippen LogP contribution is -2.59. The van der Waals surface area contributed by atoms with Crippen LogP contribution in [0.4, 0.5) is 0 Å². The molecule has 0 aromatic carbocycles. The molecular formula is C17H32N2O. The van der Waals surface area contributed by atoms with Gasteiger partial charge in [-0.15, -0.1) is 0 Å². The maximum absolute atomic E-state index is 6.26. The van der Waals surface area contributed by atoms with Gasteiger partial charge in [-0.3, -0.25) is 4.90 Å². The fourth-order valence-electron chi connectivity index (χ4n) is 5.15. The first kappa shape index (κ1) is 14.8. The Morgan fingerprint density at radius 3 is 2.25 bits per heavy atom. The molecule has 2 saturated carbocycles. The number of ether oxygens (including phenoxy) is 1. The fraction of sp³-hybridized carbons (Fsp3) is 1.00. The molecule has 3 aliphatic rings. The maximum atomic E-state index is 6.26. The predicted octanol–water partition coefficient (Wildman–Crippen LogP) is 2.93. The Labute approximate surface area is 124 Å². The third kappa shape index (κ3) is 2.42. The van der Waals surface area contributed by atoms with Crippen LogP contribution in [-0.2, 0) is 4.74 Å². The van der Waals surface area contributed by atoms with Crippen LogP contribution in [0.15, 0.2) is 0 Å². The van der Waals surface area contributed by atoms with Crippen molar-refractivity contribution < 1.29 is 4.74 Å². The van der Waals surface area contributed by atoms with Crippen molar-refractivity contribution in [3.8, 4) is 0 Å². The maximum Gasteiger partial charge on any atom is 0.0703 e. The zero-order valence-corrected chi connectivity index (χ0v) is 13.4. The van der Waals surface area contributed by atoms with Crippen LogP contribution in [0.2, 0.25) is 0 Å². The van der Waals surface area contributed by atoms with Gasteiger partial charge in [-0.05, 0) is 64.3 Å². The molecule has 2 aliphatic carbocycles. The molecule has 3 rings (SSSR count). The summed E-state index contributed by atoms with van der Waals surface area (Å²) in [4.78, 5) is 2.60. The van der Waals surface area contributed by atoms with Gasteiger partial charge in [-0.2, -0.15) is 0 Å². The quantitative estimate of drug-likeness (QED) is 0.864. The summed E-state index contributed by atoms with van der Waals surface area (Å²) in [6.45, 7) is 3.95. The first-order valence-corrected chi connectivity index (χ1v) is 8.66. The molecule has 1 spiro atoms. The minimum Gasteiger partial charge on any atom is -0.377 e. The number of hydrogen-bond donors (Lipinski definition) is 1. The molecule has 20 heavy (non-hydrogen) atoms. The van der Waals surface area contributed by atoms with Crippen molar-refractivity contribution in [3.05, 3.63) is 0 Å². The van der Waals surface area contributed by atoms with E-state index in [9.17, 15) is 0 Å². The van der Waals surface area contributed by atoms with E-state index in [1.165, 1.54) is 57.8 Å². The van der Waals surface area contributed by atoms with Gasteiger partial charge in [0.25, 0.3) is 0 Å². The van der Waals surface area contributed by atoms with Gasteiger partial charge in [0.15, 0.2) is 0 Å². The van der Waals surface area contributed by atoms with Crippen molar-refractivity contribution in [2.75, 3.05) is 20.2 Å². The number of nitrogens with zero attached hydrogens (tertiary/aromatic N) is 1. The highest BCUT2D eigenvalue weighted by Gasteiger charge is 2.47. The highest BCUT2D eigenvalue weighted by molar-refractivity contribution is 5.03. The van der Waals surface area contributed by atoms with Crippen LogP contribution in [-0.4, -0.2) is 42.8 Å². The normalized spacial score (nSPS) is 36.0. The Bertz CT molecular complexity index is 328. The summed E-state index contributed by atoms with van der Waals surface area (Å²) >= 11 is 0. The topological polar surface area (TPSA) is 38.5 Å². The summed E-state index contributed by atoms with van der Waals surface area (Å²) in [5.74, 6) is 0. The Morgan fingerprint density at radius 1 is 1.10 bits per heavy atom. The van der Waals surface area contributed by atoms with Gasteiger partial charge in [0.05, 0.1) is 6.10 Å². The SMILES string of the molecule is CC1OCCC1N(C)C1(CN)CCC2(CCCC2)CC1. The van der Waals surface area contributed by atoms with E-state index in [2.05, 4.69) is 18.9 Å². The van der Waals surface area contributed by atoms with Crippen molar-refractivity contribution in [2.24, 2.45) is 11.1 Å². The van der Waals surface area contributed by atoms with Gasteiger partial charge in [0.1, 0.15) is 0 Å². The molecule has 3 heteroatoms. The summed E-state index contributed by atoms with van der Waals surface area (Å²) < 4.78 is 5.78. The van der Waals surface area contributed by atoms with Gasteiger partial charge < -0.3 is 10.5 Å². The molecule has 1 saturated heterocycles. The molecule has 116 valence electrons. The number of rotatable bonds is 3. The third-order valence-electron chi connectivity index (χ3n) is 6.87. The highest BCUT2D eigenvalue weighted by Crippen LogP contribution is 2.52. The van der Waals surface area contributed by atoms with Crippen LogP contribution in [0.5, 0.6) is 0 Å². The molecule has 0 bridgehead atoms. The van der Waals surface area contributed by atoms with E-state index < -0.39 is 0 Å². The van der Waals surface area contributed by atoms with Crippen molar-refractivity contribution in [1.29, 1.82) is 0 Å². The van der Waals surface area contributed by atoms with Crippen LogP contribution >= 0.6 is 0 Å². The molecule has 0 aromatic heterocycles. The summed E-state index contributed by atoms with van der Waals surface area (Å²) in [6, 6.07) is 0.566. The second-order valence-electron chi connectivity index (χ2n) is 7.68. The average molecular weight is 280 g/mol. The van der Waals surface area contributed by atoms with E-state index in [0.717, 1.165) is 13.2 Å².